The number of hydrogen-bond donors (Lipinski definition) is 0. The summed E-state index contributed by atoms with van der Waals surface area (Å²) in [4.78, 5) is 9.67. The van der Waals surface area contributed by atoms with Gasteiger partial charge in [0.2, 0.25) is 0 Å². The van der Waals surface area contributed by atoms with Gasteiger partial charge >= 0.3 is 0 Å². The number of benzene rings is 2. The maximum absolute atomic E-state index is 9.70. The molecule has 4 nitrogen and oxygen atoms in total. The van der Waals surface area contributed by atoms with Crippen LogP contribution in [0.15, 0.2) is 36.4 Å². The van der Waals surface area contributed by atoms with Crippen LogP contribution in [0.5, 0.6) is 0 Å². The molecule has 0 amide bonds. The van der Waals surface area contributed by atoms with Gasteiger partial charge in [-0.2, -0.15) is 5.26 Å². The summed E-state index contributed by atoms with van der Waals surface area (Å²) >= 11 is 1.80. The third-order valence-corrected chi connectivity index (χ3v) is 6.93. The van der Waals surface area contributed by atoms with Gasteiger partial charge in [0.05, 0.1) is 28.0 Å². The van der Waals surface area contributed by atoms with Crippen LogP contribution in [0.4, 0.5) is 5.69 Å². The lowest BCUT2D eigenvalue weighted by Gasteiger charge is -2.36. The first-order valence-corrected chi connectivity index (χ1v) is 10.9. The van der Waals surface area contributed by atoms with Crippen molar-refractivity contribution in [1.82, 2.24) is 9.88 Å². The van der Waals surface area contributed by atoms with E-state index in [1.54, 1.807) is 11.3 Å². The fraction of sp³-hybridized carbons (Fsp3) is 0.391. The van der Waals surface area contributed by atoms with Crippen LogP contribution in [0.25, 0.3) is 10.2 Å². The minimum atomic E-state index is 0.713. The summed E-state index contributed by atoms with van der Waals surface area (Å²) in [6, 6.07) is 15.3. The van der Waals surface area contributed by atoms with E-state index in [9.17, 15) is 5.26 Å². The van der Waals surface area contributed by atoms with Gasteiger partial charge in [0, 0.05) is 26.2 Å². The number of nitrogens with zero attached hydrogens (tertiary/aromatic N) is 4. The maximum atomic E-state index is 9.70. The van der Waals surface area contributed by atoms with Gasteiger partial charge in [-0.3, -0.25) is 4.90 Å². The van der Waals surface area contributed by atoms with Crippen LogP contribution in [-0.4, -0.2) is 36.1 Å². The molecule has 0 N–H and O–H groups in total. The van der Waals surface area contributed by atoms with Crippen LogP contribution in [-0.2, 0) is 6.54 Å². The molecule has 5 rings (SSSR count). The van der Waals surface area contributed by atoms with Gasteiger partial charge in [-0.15, -0.1) is 11.3 Å². The summed E-state index contributed by atoms with van der Waals surface area (Å²) in [6.45, 7) is 6.94. The van der Waals surface area contributed by atoms with Crippen LogP contribution in [0.2, 0.25) is 0 Å². The van der Waals surface area contributed by atoms with Gasteiger partial charge in [0.25, 0.3) is 0 Å². The molecule has 0 atom stereocenters. The lowest BCUT2D eigenvalue weighted by Crippen LogP contribution is -2.46. The van der Waals surface area contributed by atoms with E-state index >= 15 is 0 Å². The lowest BCUT2D eigenvalue weighted by molar-refractivity contribution is 0.249. The minimum Gasteiger partial charge on any atom is -0.368 e. The van der Waals surface area contributed by atoms with E-state index in [1.807, 2.05) is 0 Å². The van der Waals surface area contributed by atoms with Crippen LogP contribution in [0, 0.1) is 18.3 Å². The number of nitriles is 1. The highest BCUT2D eigenvalue weighted by Gasteiger charge is 2.27. The average Bonchev–Trinajstić information content (AvgIpc) is 3.48. The molecule has 1 aliphatic heterocycles. The second kappa shape index (κ2) is 7.20. The third-order valence-electron chi connectivity index (χ3n) is 5.91. The van der Waals surface area contributed by atoms with E-state index in [1.165, 1.54) is 28.1 Å². The number of hydrogen-bond acceptors (Lipinski definition) is 5. The third kappa shape index (κ3) is 3.39. The summed E-state index contributed by atoms with van der Waals surface area (Å²) in [5, 5.41) is 10.9. The lowest BCUT2D eigenvalue weighted by atomic mass is 9.99. The average molecular weight is 389 g/mol. The summed E-state index contributed by atoms with van der Waals surface area (Å²) < 4.78 is 1.27. The number of rotatable bonds is 4. The van der Waals surface area contributed by atoms with E-state index in [2.05, 4.69) is 59.2 Å². The number of thiazole rings is 1. The fourth-order valence-electron chi connectivity index (χ4n) is 4.17. The SMILES string of the molecule is Cc1cc(C2CC2)cc(N2CCN(Cc3nc4ccccc4s3)CC2)c1C#N. The molecule has 2 aliphatic rings. The topological polar surface area (TPSA) is 43.2 Å². The van der Waals surface area contributed by atoms with E-state index in [4.69, 9.17) is 4.98 Å². The molecule has 2 aromatic carbocycles. The van der Waals surface area contributed by atoms with Gasteiger partial charge in [-0.25, -0.2) is 4.98 Å². The zero-order chi connectivity index (χ0) is 19.1. The Morgan fingerprint density at radius 2 is 1.93 bits per heavy atom. The van der Waals surface area contributed by atoms with Crippen molar-refractivity contribution in [2.24, 2.45) is 0 Å². The molecule has 0 spiro atoms. The first-order chi connectivity index (χ1) is 13.7. The van der Waals surface area contributed by atoms with Crippen LogP contribution in [0.1, 0.15) is 40.5 Å². The van der Waals surface area contributed by atoms with E-state index in [-0.39, 0.29) is 0 Å². The molecule has 142 valence electrons. The number of aromatic nitrogens is 1. The van der Waals surface area contributed by atoms with Gasteiger partial charge < -0.3 is 4.90 Å². The Bertz CT molecular complexity index is 1020. The Labute approximate surface area is 170 Å². The molecule has 1 saturated carbocycles. The Morgan fingerprint density at radius 1 is 1.14 bits per heavy atom. The van der Waals surface area contributed by atoms with E-state index < -0.39 is 0 Å². The summed E-state index contributed by atoms with van der Waals surface area (Å²) in [6.07, 6.45) is 2.58. The Morgan fingerprint density at radius 3 is 2.64 bits per heavy atom. The van der Waals surface area contributed by atoms with Gasteiger partial charge in [0.15, 0.2) is 0 Å². The van der Waals surface area contributed by atoms with E-state index in [0.29, 0.717) is 5.92 Å². The molecule has 1 aliphatic carbocycles. The Kier molecular flexibility index (Phi) is 4.54. The number of para-hydroxylation sites is 1. The molecule has 0 bridgehead atoms. The largest absolute Gasteiger partial charge is 0.368 e. The molecule has 28 heavy (non-hydrogen) atoms. The minimum absolute atomic E-state index is 0.713. The smallest absolute Gasteiger partial charge is 0.108 e. The van der Waals surface area contributed by atoms with Crippen molar-refractivity contribution in [3.05, 3.63) is 58.1 Å². The van der Waals surface area contributed by atoms with Crippen molar-refractivity contribution in [3.63, 3.8) is 0 Å². The predicted octanol–water partition coefficient (Wildman–Crippen LogP) is 4.68. The number of anilines is 1. The summed E-state index contributed by atoms with van der Waals surface area (Å²) in [5.74, 6) is 0.713. The molecule has 1 aromatic heterocycles. The molecule has 5 heteroatoms. The fourth-order valence-corrected chi connectivity index (χ4v) is 5.18. The van der Waals surface area contributed by atoms with Crippen LogP contribution >= 0.6 is 11.3 Å². The van der Waals surface area contributed by atoms with Crippen molar-refractivity contribution in [1.29, 1.82) is 5.26 Å². The first kappa shape index (κ1) is 17.7. The van der Waals surface area contributed by atoms with Gasteiger partial charge in [-0.1, -0.05) is 18.2 Å². The van der Waals surface area contributed by atoms with Gasteiger partial charge in [0.1, 0.15) is 11.1 Å². The zero-order valence-corrected chi connectivity index (χ0v) is 17.0. The molecule has 0 unspecified atom stereocenters. The van der Waals surface area contributed by atoms with Crippen LogP contribution in [0.3, 0.4) is 0 Å². The zero-order valence-electron chi connectivity index (χ0n) is 16.2. The summed E-state index contributed by atoms with van der Waals surface area (Å²) in [7, 11) is 0. The number of aryl methyl sites for hydroxylation is 1. The highest BCUT2D eigenvalue weighted by Crippen LogP contribution is 2.42. The van der Waals surface area contributed by atoms with E-state index in [0.717, 1.165) is 55.1 Å². The predicted molar refractivity (Wildman–Crippen MR) is 115 cm³/mol. The highest BCUT2D eigenvalue weighted by molar-refractivity contribution is 7.18. The maximum Gasteiger partial charge on any atom is 0.108 e. The quantitative estimate of drug-likeness (QED) is 0.651. The second-order valence-electron chi connectivity index (χ2n) is 7.96. The van der Waals surface area contributed by atoms with Crippen molar-refractivity contribution in [3.8, 4) is 6.07 Å². The van der Waals surface area contributed by atoms with Crippen molar-refractivity contribution in [2.75, 3.05) is 31.1 Å². The second-order valence-corrected chi connectivity index (χ2v) is 9.07. The molecule has 3 aromatic rings. The molecule has 2 heterocycles. The van der Waals surface area contributed by atoms with Crippen molar-refractivity contribution >= 4 is 27.2 Å². The molecule has 2 fully saturated rings. The first-order valence-electron chi connectivity index (χ1n) is 10.1. The van der Waals surface area contributed by atoms with Crippen molar-refractivity contribution < 1.29 is 0 Å². The Hall–Kier alpha value is -2.42. The normalized spacial score (nSPS) is 17.8. The number of piperazine rings is 1. The van der Waals surface area contributed by atoms with Crippen LogP contribution < -0.4 is 4.90 Å². The van der Waals surface area contributed by atoms with Gasteiger partial charge in [-0.05, 0) is 55.0 Å². The molecule has 0 radical (unpaired) electrons. The summed E-state index contributed by atoms with van der Waals surface area (Å²) in [5.41, 5.74) is 5.64. The molecular formula is C23H24N4S. The standard InChI is InChI=1S/C23H24N4S/c1-16-12-18(17-6-7-17)13-21(19(16)14-24)27-10-8-26(9-11-27)15-23-25-20-4-2-3-5-22(20)28-23/h2-5,12-13,17H,6-11,15H2,1H3. The van der Waals surface area contributed by atoms with Crippen molar-refractivity contribution in [2.45, 2.75) is 32.2 Å². The number of fused-ring (bicyclic) bond motifs is 1. The molecular weight excluding hydrogens is 364 g/mol. The Balaban J connectivity index is 1.30. The molecule has 1 saturated heterocycles. The monoisotopic (exact) mass is 388 g/mol. The highest BCUT2D eigenvalue weighted by atomic mass is 32.1.